The van der Waals surface area contributed by atoms with Crippen LogP contribution in [0.1, 0.15) is 32.8 Å². The third-order valence-corrected chi connectivity index (χ3v) is 6.30. The Morgan fingerprint density at radius 3 is 2.07 bits per heavy atom. The summed E-state index contributed by atoms with van der Waals surface area (Å²) < 4.78 is 28.4. The Morgan fingerprint density at radius 1 is 1.04 bits per heavy atom. The molecule has 0 saturated heterocycles. The van der Waals surface area contributed by atoms with Crippen LogP contribution in [0.4, 0.5) is 0 Å². The Balaban J connectivity index is 2.42. The van der Waals surface area contributed by atoms with E-state index < -0.39 is 26.9 Å². The van der Waals surface area contributed by atoms with Crippen molar-refractivity contribution in [3.8, 4) is 5.75 Å². The summed E-state index contributed by atoms with van der Waals surface area (Å²) in [6, 6.07) is 14.6. The topological polar surface area (TPSA) is 109 Å². The van der Waals surface area contributed by atoms with Gasteiger partial charge >= 0.3 is 0 Å². The molecule has 0 aromatic heterocycles. The van der Waals surface area contributed by atoms with Crippen LogP contribution >= 0.6 is 0 Å². The third-order valence-electron chi connectivity index (χ3n) is 4.79. The zero-order valence-corrected chi connectivity index (χ0v) is 16.6. The minimum absolute atomic E-state index is 0.0463. The number of aromatic hydroxyl groups is 1. The highest BCUT2D eigenvalue weighted by molar-refractivity contribution is 7.89. The second-order valence-electron chi connectivity index (χ2n) is 7.60. The fraction of sp³-hybridized carbons (Fsp3) is 0.350. The summed E-state index contributed by atoms with van der Waals surface area (Å²) in [7, 11) is -4.03. The van der Waals surface area contributed by atoms with Gasteiger partial charge in [0.25, 0.3) is 0 Å². The number of hydrogen-bond acceptors (Lipinski definition) is 4. The molecule has 1 unspecified atom stereocenters. The molecule has 2 aromatic carbocycles. The lowest BCUT2D eigenvalue weighted by atomic mass is 9.70. The highest BCUT2D eigenvalue weighted by Gasteiger charge is 2.49. The van der Waals surface area contributed by atoms with Gasteiger partial charge in [0.1, 0.15) is 11.3 Å². The average Bonchev–Trinajstić information content (AvgIpc) is 2.58. The summed E-state index contributed by atoms with van der Waals surface area (Å²) in [6.07, 6.45) is 0.701. The van der Waals surface area contributed by atoms with Crippen LogP contribution in [0, 0.1) is 5.41 Å². The van der Waals surface area contributed by atoms with Gasteiger partial charge in [-0.25, -0.2) is 8.42 Å². The number of benzene rings is 2. The summed E-state index contributed by atoms with van der Waals surface area (Å²) >= 11 is 0. The van der Waals surface area contributed by atoms with E-state index in [9.17, 15) is 18.3 Å². The molecule has 0 aliphatic heterocycles. The molecular formula is C20H26N2O4S. The van der Waals surface area contributed by atoms with Crippen molar-refractivity contribution < 1.29 is 18.3 Å². The van der Waals surface area contributed by atoms with Crippen molar-refractivity contribution in [2.24, 2.45) is 11.1 Å². The van der Waals surface area contributed by atoms with Crippen LogP contribution in [-0.2, 0) is 21.2 Å². The molecule has 0 saturated carbocycles. The standard InChI is InChI=1S/C20H26N2O4S/c1-19(2,3)20(18(21)24,14-13-15-7-5-4-6-8-15)22-27(25,26)17-11-9-16(23)10-12-17/h4-12,22-23H,13-14H2,1-3H3,(H2,21,24). The molecular weight excluding hydrogens is 364 g/mol. The van der Waals surface area contributed by atoms with Crippen molar-refractivity contribution in [2.45, 2.75) is 44.0 Å². The Bertz CT molecular complexity index is 888. The maximum atomic E-state index is 12.9. The second kappa shape index (κ2) is 7.70. The molecule has 2 aromatic rings. The van der Waals surface area contributed by atoms with Crippen LogP contribution in [0.15, 0.2) is 59.5 Å². The zero-order chi connectivity index (χ0) is 20.3. The molecule has 1 atom stereocenters. The molecule has 2 rings (SSSR count). The first-order valence-electron chi connectivity index (χ1n) is 8.65. The van der Waals surface area contributed by atoms with Crippen LogP contribution < -0.4 is 10.5 Å². The summed E-state index contributed by atoms with van der Waals surface area (Å²) in [5, 5.41) is 9.39. The predicted molar refractivity (Wildman–Crippen MR) is 105 cm³/mol. The largest absolute Gasteiger partial charge is 0.508 e. The monoisotopic (exact) mass is 390 g/mol. The Labute approximate surface area is 160 Å². The van der Waals surface area contributed by atoms with Crippen LogP contribution in [0.3, 0.4) is 0 Å². The van der Waals surface area contributed by atoms with E-state index in [2.05, 4.69) is 4.72 Å². The first-order chi connectivity index (χ1) is 12.5. The molecule has 0 aliphatic rings. The summed E-state index contributed by atoms with van der Waals surface area (Å²) in [5.74, 6) is -0.775. The molecule has 0 aliphatic carbocycles. The maximum absolute atomic E-state index is 12.9. The molecule has 0 bridgehead atoms. The Morgan fingerprint density at radius 2 is 1.59 bits per heavy atom. The van der Waals surface area contributed by atoms with E-state index >= 15 is 0 Å². The predicted octanol–water partition coefficient (Wildman–Crippen LogP) is 2.57. The van der Waals surface area contributed by atoms with E-state index in [4.69, 9.17) is 5.73 Å². The van der Waals surface area contributed by atoms with Gasteiger partial charge in [-0.2, -0.15) is 4.72 Å². The molecule has 7 heteroatoms. The number of phenolic OH excluding ortho intramolecular Hbond substituents is 1. The van der Waals surface area contributed by atoms with Crippen molar-refractivity contribution in [1.82, 2.24) is 4.72 Å². The van der Waals surface area contributed by atoms with E-state index in [0.29, 0.717) is 6.42 Å². The maximum Gasteiger partial charge on any atom is 0.241 e. The van der Waals surface area contributed by atoms with Gasteiger partial charge in [0, 0.05) is 0 Å². The summed E-state index contributed by atoms with van der Waals surface area (Å²) in [6.45, 7) is 5.34. The molecule has 27 heavy (non-hydrogen) atoms. The first kappa shape index (κ1) is 20.9. The van der Waals surface area contributed by atoms with E-state index in [1.165, 1.54) is 24.3 Å². The number of nitrogens with two attached hydrogens (primary N) is 1. The highest BCUT2D eigenvalue weighted by Crippen LogP contribution is 2.36. The number of carbonyl (C=O) groups is 1. The Kier molecular flexibility index (Phi) is 5.97. The van der Waals surface area contributed by atoms with Gasteiger partial charge in [-0.1, -0.05) is 51.1 Å². The molecule has 0 spiro atoms. The number of hydrogen-bond donors (Lipinski definition) is 3. The van der Waals surface area contributed by atoms with E-state index in [1.54, 1.807) is 20.8 Å². The van der Waals surface area contributed by atoms with Crippen molar-refractivity contribution in [1.29, 1.82) is 0 Å². The molecule has 0 fully saturated rings. The number of rotatable bonds is 7. The minimum Gasteiger partial charge on any atom is -0.508 e. The van der Waals surface area contributed by atoms with Gasteiger partial charge in [-0.15, -0.1) is 0 Å². The molecule has 6 nitrogen and oxygen atoms in total. The summed E-state index contributed by atoms with van der Waals surface area (Å²) in [4.78, 5) is 12.5. The SMILES string of the molecule is CC(C)(C)C(CCc1ccccc1)(NS(=O)(=O)c1ccc(O)cc1)C(N)=O. The lowest BCUT2D eigenvalue weighted by molar-refractivity contribution is -0.128. The fourth-order valence-corrected chi connectivity index (χ4v) is 4.59. The van der Waals surface area contributed by atoms with Gasteiger partial charge < -0.3 is 10.8 Å². The van der Waals surface area contributed by atoms with E-state index in [-0.39, 0.29) is 17.1 Å². The lowest BCUT2D eigenvalue weighted by Crippen LogP contribution is -2.64. The summed E-state index contributed by atoms with van der Waals surface area (Å²) in [5.41, 5.74) is 4.46. The Hall–Kier alpha value is -2.38. The smallest absolute Gasteiger partial charge is 0.241 e. The normalized spacial score (nSPS) is 14.5. The van der Waals surface area contributed by atoms with Crippen molar-refractivity contribution in [3.05, 3.63) is 60.2 Å². The van der Waals surface area contributed by atoms with Gasteiger partial charge in [-0.3, -0.25) is 4.79 Å². The van der Waals surface area contributed by atoms with Crippen LogP contribution in [-0.4, -0.2) is 25.0 Å². The first-order valence-corrected chi connectivity index (χ1v) is 10.1. The van der Waals surface area contributed by atoms with Crippen molar-refractivity contribution in [3.63, 3.8) is 0 Å². The average molecular weight is 391 g/mol. The molecule has 0 radical (unpaired) electrons. The van der Waals surface area contributed by atoms with E-state index in [1.807, 2.05) is 30.3 Å². The quantitative estimate of drug-likeness (QED) is 0.675. The minimum atomic E-state index is -4.03. The van der Waals surface area contributed by atoms with Gasteiger partial charge in [0.2, 0.25) is 15.9 Å². The number of nitrogens with one attached hydrogen (secondary N) is 1. The number of carbonyl (C=O) groups excluding carboxylic acids is 1. The van der Waals surface area contributed by atoms with Crippen LogP contribution in [0.2, 0.25) is 0 Å². The van der Waals surface area contributed by atoms with E-state index in [0.717, 1.165) is 5.56 Å². The molecule has 0 heterocycles. The number of phenols is 1. The number of sulfonamides is 1. The van der Waals surface area contributed by atoms with Crippen molar-refractivity contribution in [2.75, 3.05) is 0 Å². The van der Waals surface area contributed by atoms with Crippen LogP contribution in [0.5, 0.6) is 5.75 Å². The third kappa shape index (κ3) is 4.67. The lowest BCUT2D eigenvalue weighted by Gasteiger charge is -2.42. The van der Waals surface area contributed by atoms with Gasteiger partial charge in [0.05, 0.1) is 4.90 Å². The van der Waals surface area contributed by atoms with Gasteiger partial charge in [0.15, 0.2) is 0 Å². The number of amides is 1. The highest BCUT2D eigenvalue weighted by atomic mass is 32.2. The molecule has 4 N–H and O–H groups in total. The number of aryl methyl sites for hydroxylation is 1. The van der Waals surface area contributed by atoms with Crippen molar-refractivity contribution >= 4 is 15.9 Å². The second-order valence-corrected chi connectivity index (χ2v) is 9.29. The van der Waals surface area contributed by atoms with Gasteiger partial charge in [-0.05, 0) is 48.1 Å². The van der Waals surface area contributed by atoms with Crippen LogP contribution in [0.25, 0.3) is 0 Å². The fourth-order valence-electron chi connectivity index (χ4n) is 3.01. The zero-order valence-electron chi connectivity index (χ0n) is 15.8. The molecule has 146 valence electrons. The molecule has 1 amide bonds. The number of primary amides is 1.